The lowest BCUT2D eigenvalue weighted by atomic mass is 9.38. The van der Waals surface area contributed by atoms with Crippen molar-refractivity contribution >= 4 is 34.6 Å². The fourth-order valence-corrected chi connectivity index (χ4v) is 5.68. The van der Waals surface area contributed by atoms with Gasteiger partial charge in [0.15, 0.2) is 10.8 Å². The molecule has 1 amide bonds. The van der Waals surface area contributed by atoms with Crippen LogP contribution in [0.5, 0.6) is 5.75 Å². The highest BCUT2D eigenvalue weighted by Gasteiger charge is 2.68. The third kappa shape index (κ3) is 3.66. The topological polar surface area (TPSA) is 68.3 Å². The predicted octanol–water partition coefficient (Wildman–Crippen LogP) is 4.50. The molecule has 4 fully saturated rings. The molecule has 1 aromatic heterocycles. The van der Waals surface area contributed by atoms with Crippen molar-refractivity contribution in [3.8, 4) is 5.75 Å². The van der Waals surface area contributed by atoms with Crippen LogP contribution in [-0.4, -0.2) is 28.8 Å². The Balaban J connectivity index is 1.08. The minimum atomic E-state index is -0.571. The predicted molar refractivity (Wildman–Crippen MR) is 107 cm³/mol. The second-order valence-electron chi connectivity index (χ2n) is 8.70. The van der Waals surface area contributed by atoms with E-state index in [4.69, 9.17) is 16.3 Å². The number of halogens is 2. The zero-order chi connectivity index (χ0) is 20.2. The van der Waals surface area contributed by atoms with Crippen molar-refractivity contribution < 1.29 is 18.7 Å². The van der Waals surface area contributed by atoms with Gasteiger partial charge in [0.05, 0.1) is 10.7 Å². The van der Waals surface area contributed by atoms with Crippen LogP contribution < -0.4 is 10.1 Å². The van der Waals surface area contributed by atoms with E-state index >= 15 is 0 Å². The van der Waals surface area contributed by atoms with E-state index < -0.39 is 5.82 Å². The lowest BCUT2D eigenvalue weighted by Gasteiger charge is -2.70. The van der Waals surface area contributed by atoms with E-state index in [1.807, 2.05) is 5.38 Å². The van der Waals surface area contributed by atoms with Crippen LogP contribution in [0.15, 0.2) is 23.6 Å². The number of rotatable bonds is 8. The largest absolute Gasteiger partial charge is 0.486 e. The second-order valence-corrected chi connectivity index (χ2v) is 9.96. The Kier molecular flexibility index (Phi) is 4.44. The minimum absolute atomic E-state index is 0.0195. The van der Waals surface area contributed by atoms with Crippen LogP contribution in [0.4, 0.5) is 4.39 Å². The van der Waals surface area contributed by atoms with E-state index in [9.17, 15) is 14.0 Å². The molecule has 0 saturated heterocycles. The van der Waals surface area contributed by atoms with Gasteiger partial charge in [-0.1, -0.05) is 11.6 Å². The highest BCUT2D eigenvalue weighted by Crippen LogP contribution is 2.69. The van der Waals surface area contributed by atoms with Crippen molar-refractivity contribution in [2.75, 3.05) is 6.61 Å². The van der Waals surface area contributed by atoms with Gasteiger partial charge in [-0.15, -0.1) is 11.3 Å². The fraction of sp³-hybridized carbons (Fsp3) is 0.476. The summed E-state index contributed by atoms with van der Waals surface area (Å²) in [6, 6.07) is 4.12. The number of carbonyl (C=O) groups is 2. The summed E-state index contributed by atoms with van der Waals surface area (Å²) in [5.41, 5.74) is 0.838. The standard InChI is InChI=1S/C21H20ClFN2O3S/c22-15-4-3-14(5-16(15)23)28-7-13(26)6-20-9-21(10-20,11-20)25-18(27)19-24-17(8-29-19)12-1-2-12/h3-5,8,12H,1-2,6-7,9-11H2,(H,25,27). The zero-order valence-corrected chi connectivity index (χ0v) is 17.2. The molecule has 1 heterocycles. The summed E-state index contributed by atoms with van der Waals surface area (Å²) in [6.07, 6.45) is 5.20. The number of benzene rings is 1. The van der Waals surface area contributed by atoms with Crippen LogP contribution in [0.3, 0.4) is 0 Å². The van der Waals surface area contributed by atoms with Gasteiger partial charge in [0.1, 0.15) is 18.2 Å². The first-order chi connectivity index (χ1) is 13.9. The number of nitrogens with zero attached hydrogens (tertiary/aromatic N) is 1. The highest BCUT2D eigenvalue weighted by molar-refractivity contribution is 7.11. The van der Waals surface area contributed by atoms with E-state index in [2.05, 4.69) is 10.3 Å². The molecule has 2 bridgehead atoms. The molecular formula is C21H20ClFN2O3S. The molecule has 4 saturated carbocycles. The van der Waals surface area contributed by atoms with Crippen LogP contribution in [0.2, 0.25) is 5.02 Å². The molecule has 0 unspecified atom stereocenters. The number of Topliss-reactive ketones (excluding diaryl/α,β-unsaturated/α-hetero) is 1. The van der Waals surface area contributed by atoms with Crippen molar-refractivity contribution in [1.82, 2.24) is 10.3 Å². The maximum absolute atomic E-state index is 13.4. The lowest BCUT2D eigenvalue weighted by Crippen LogP contribution is -2.75. The summed E-state index contributed by atoms with van der Waals surface area (Å²) in [4.78, 5) is 29.2. The molecule has 1 N–H and O–H groups in total. The summed E-state index contributed by atoms with van der Waals surface area (Å²) in [6.45, 7) is -0.0920. The minimum Gasteiger partial charge on any atom is -0.486 e. The Bertz CT molecular complexity index is 984. The first-order valence-electron chi connectivity index (χ1n) is 9.73. The lowest BCUT2D eigenvalue weighted by molar-refractivity contribution is -0.162. The van der Waals surface area contributed by atoms with E-state index in [1.165, 1.54) is 42.4 Å². The number of thiazole rings is 1. The Morgan fingerprint density at radius 1 is 1.31 bits per heavy atom. The van der Waals surface area contributed by atoms with Gasteiger partial charge in [0.2, 0.25) is 0 Å². The molecule has 0 atom stereocenters. The molecular weight excluding hydrogens is 415 g/mol. The first-order valence-corrected chi connectivity index (χ1v) is 11.0. The van der Waals surface area contributed by atoms with Crippen LogP contribution in [0, 0.1) is 11.2 Å². The van der Waals surface area contributed by atoms with Gasteiger partial charge < -0.3 is 10.1 Å². The maximum atomic E-state index is 13.4. The number of aromatic nitrogens is 1. The Morgan fingerprint density at radius 3 is 2.76 bits per heavy atom. The number of ketones is 1. The van der Waals surface area contributed by atoms with E-state index in [0.717, 1.165) is 25.0 Å². The molecule has 2 aromatic rings. The fourth-order valence-electron chi connectivity index (χ4n) is 4.77. The van der Waals surface area contributed by atoms with Crippen molar-refractivity contribution in [2.45, 2.75) is 50.0 Å². The van der Waals surface area contributed by atoms with Crippen molar-refractivity contribution in [3.05, 3.63) is 45.1 Å². The van der Waals surface area contributed by atoms with Gasteiger partial charge in [-0.3, -0.25) is 9.59 Å². The van der Waals surface area contributed by atoms with Gasteiger partial charge in [-0.2, -0.15) is 0 Å². The first kappa shape index (κ1) is 19.0. The monoisotopic (exact) mass is 434 g/mol. The molecule has 4 aliphatic carbocycles. The second kappa shape index (κ2) is 6.77. The third-order valence-electron chi connectivity index (χ3n) is 6.09. The molecule has 152 valence electrons. The molecule has 6 rings (SSSR count). The van der Waals surface area contributed by atoms with Gasteiger partial charge in [0, 0.05) is 29.3 Å². The molecule has 1 aromatic carbocycles. The zero-order valence-electron chi connectivity index (χ0n) is 15.7. The number of amides is 1. The molecule has 0 aliphatic heterocycles. The molecule has 5 nitrogen and oxygen atoms in total. The molecule has 8 heteroatoms. The third-order valence-corrected chi connectivity index (χ3v) is 7.26. The Labute approximate surface area is 176 Å². The quantitative estimate of drug-likeness (QED) is 0.664. The van der Waals surface area contributed by atoms with Crippen LogP contribution in [-0.2, 0) is 4.79 Å². The van der Waals surface area contributed by atoms with E-state index in [-0.39, 0.29) is 40.0 Å². The van der Waals surface area contributed by atoms with Gasteiger partial charge in [-0.25, -0.2) is 9.37 Å². The summed E-state index contributed by atoms with van der Waals surface area (Å²) >= 11 is 7.04. The Morgan fingerprint density at radius 2 is 2.07 bits per heavy atom. The SMILES string of the molecule is O=C(COc1ccc(Cl)c(F)c1)CC12CC(NC(=O)c3nc(C4CC4)cs3)(C1)C2. The van der Waals surface area contributed by atoms with Gasteiger partial charge in [-0.05, 0) is 49.7 Å². The number of hydrogen-bond acceptors (Lipinski definition) is 5. The number of nitrogens with one attached hydrogen (secondary N) is 1. The highest BCUT2D eigenvalue weighted by atomic mass is 35.5. The summed E-state index contributed by atoms with van der Waals surface area (Å²) in [7, 11) is 0. The average molecular weight is 435 g/mol. The average Bonchev–Trinajstić information content (AvgIpc) is 3.36. The smallest absolute Gasteiger partial charge is 0.280 e. The normalized spacial score (nSPS) is 27.0. The summed E-state index contributed by atoms with van der Waals surface area (Å²) < 4.78 is 18.8. The van der Waals surface area contributed by atoms with Crippen LogP contribution in [0.25, 0.3) is 0 Å². The van der Waals surface area contributed by atoms with Crippen LogP contribution in [0.1, 0.15) is 59.9 Å². The van der Waals surface area contributed by atoms with Gasteiger partial charge >= 0.3 is 0 Å². The molecule has 4 aliphatic rings. The summed E-state index contributed by atoms with van der Waals surface area (Å²) in [5.74, 6) is 0.140. The molecule has 29 heavy (non-hydrogen) atoms. The molecule has 0 spiro atoms. The van der Waals surface area contributed by atoms with E-state index in [0.29, 0.717) is 17.3 Å². The van der Waals surface area contributed by atoms with E-state index in [1.54, 1.807) is 0 Å². The summed E-state index contributed by atoms with van der Waals surface area (Å²) in [5, 5.41) is 5.67. The van der Waals surface area contributed by atoms with Gasteiger partial charge in [0.25, 0.3) is 5.91 Å². The van der Waals surface area contributed by atoms with Crippen molar-refractivity contribution in [3.63, 3.8) is 0 Å². The van der Waals surface area contributed by atoms with Crippen molar-refractivity contribution in [2.24, 2.45) is 5.41 Å². The Hall–Kier alpha value is -1.99. The van der Waals surface area contributed by atoms with Crippen molar-refractivity contribution in [1.29, 1.82) is 0 Å². The maximum Gasteiger partial charge on any atom is 0.280 e. The number of ether oxygens (including phenoxy) is 1. The molecule has 0 radical (unpaired) electrons. The number of carbonyl (C=O) groups excluding carboxylic acids is 2. The van der Waals surface area contributed by atoms with Crippen LogP contribution >= 0.6 is 22.9 Å². The number of hydrogen-bond donors (Lipinski definition) is 1.